The van der Waals surface area contributed by atoms with Gasteiger partial charge in [0.2, 0.25) is 10.0 Å². The highest BCUT2D eigenvalue weighted by atomic mass is 32.2. The molecule has 0 bridgehead atoms. The van der Waals surface area contributed by atoms with Crippen LogP contribution in [-0.4, -0.2) is 24.7 Å². The van der Waals surface area contributed by atoms with Gasteiger partial charge in [0.25, 0.3) is 0 Å². The second-order valence-electron chi connectivity index (χ2n) is 3.82. The smallest absolute Gasteiger partial charge is 0.242 e. The van der Waals surface area contributed by atoms with Crippen LogP contribution in [0.2, 0.25) is 0 Å². The molecule has 1 aromatic heterocycles. The van der Waals surface area contributed by atoms with E-state index in [0.29, 0.717) is 6.54 Å². The van der Waals surface area contributed by atoms with E-state index in [2.05, 4.69) is 9.82 Å². The van der Waals surface area contributed by atoms with Crippen molar-refractivity contribution in [1.82, 2.24) is 14.5 Å². The van der Waals surface area contributed by atoms with Gasteiger partial charge in [-0.15, -0.1) is 0 Å². The molecule has 2 aromatic rings. The lowest BCUT2D eigenvalue weighted by atomic mass is 10.3. The third-order valence-electron chi connectivity index (χ3n) is 2.49. The molecule has 1 heterocycles. The fourth-order valence-corrected chi connectivity index (χ4v) is 2.72. The topological polar surface area (TPSA) is 90.0 Å². The van der Waals surface area contributed by atoms with Gasteiger partial charge in [0.05, 0.1) is 12.2 Å². The molecular formula is C11H13FN4O2S. The van der Waals surface area contributed by atoms with E-state index < -0.39 is 15.8 Å². The Kier molecular flexibility index (Phi) is 3.82. The number of nitrogen functional groups attached to an aromatic ring is 1. The molecule has 0 amide bonds. The van der Waals surface area contributed by atoms with E-state index in [9.17, 15) is 12.8 Å². The van der Waals surface area contributed by atoms with Gasteiger partial charge >= 0.3 is 0 Å². The van der Waals surface area contributed by atoms with Gasteiger partial charge in [0.1, 0.15) is 10.7 Å². The van der Waals surface area contributed by atoms with Crippen molar-refractivity contribution < 1.29 is 12.8 Å². The number of benzene rings is 1. The number of hydrogen-bond donors (Lipinski definition) is 2. The Morgan fingerprint density at radius 3 is 2.84 bits per heavy atom. The highest BCUT2D eigenvalue weighted by Crippen LogP contribution is 2.20. The van der Waals surface area contributed by atoms with E-state index in [0.717, 1.165) is 6.07 Å². The molecule has 0 radical (unpaired) electrons. The van der Waals surface area contributed by atoms with Crippen LogP contribution in [0.25, 0.3) is 0 Å². The summed E-state index contributed by atoms with van der Waals surface area (Å²) in [4.78, 5) is -0.257. The molecular weight excluding hydrogens is 271 g/mol. The molecule has 0 saturated carbocycles. The van der Waals surface area contributed by atoms with Crippen LogP contribution in [0.3, 0.4) is 0 Å². The Hall–Kier alpha value is -1.93. The highest BCUT2D eigenvalue weighted by molar-refractivity contribution is 7.89. The number of nitrogens with one attached hydrogen (secondary N) is 1. The minimum atomic E-state index is -3.82. The van der Waals surface area contributed by atoms with E-state index in [1.165, 1.54) is 12.1 Å². The lowest BCUT2D eigenvalue weighted by Crippen LogP contribution is -2.28. The maximum Gasteiger partial charge on any atom is 0.242 e. The van der Waals surface area contributed by atoms with Crippen LogP contribution in [0, 0.1) is 5.82 Å². The largest absolute Gasteiger partial charge is 0.395 e. The molecule has 0 spiro atoms. The van der Waals surface area contributed by atoms with E-state index in [1.807, 2.05) is 0 Å². The second-order valence-corrected chi connectivity index (χ2v) is 5.55. The number of sulfonamides is 1. The zero-order valence-corrected chi connectivity index (χ0v) is 10.8. The molecule has 8 heteroatoms. The number of nitrogens with zero attached hydrogens (tertiary/aromatic N) is 2. The minimum absolute atomic E-state index is 0.139. The van der Waals surface area contributed by atoms with Gasteiger partial charge in [-0.2, -0.15) is 5.10 Å². The Morgan fingerprint density at radius 1 is 1.37 bits per heavy atom. The summed E-state index contributed by atoms with van der Waals surface area (Å²) in [7, 11) is -3.82. The third-order valence-corrected chi connectivity index (χ3v) is 4.01. The van der Waals surface area contributed by atoms with Gasteiger partial charge in [-0.3, -0.25) is 4.68 Å². The number of nitrogens with two attached hydrogens (primary N) is 1. The lowest BCUT2D eigenvalue weighted by Gasteiger charge is -2.09. The van der Waals surface area contributed by atoms with Crippen molar-refractivity contribution in [2.75, 3.05) is 12.3 Å². The maximum absolute atomic E-state index is 13.2. The summed E-state index contributed by atoms with van der Waals surface area (Å²) in [5, 5.41) is 3.94. The number of halogens is 1. The summed E-state index contributed by atoms with van der Waals surface area (Å²) < 4.78 is 41.0. The van der Waals surface area contributed by atoms with E-state index in [1.54, 1.807) is 23.1 Å². The lowest BCUT2D eigenvalue weighted by molar-refractivity contribution is 0.559. The first-order valence-corrected chi connectivity index (χ1v) is 7.00. The van der Waals surface area contributed by atoms with Crippen LogP contribution in [0.5, 0.6) is 0 Å². The minimum Gasteiger partial charge on any atom is -0.395 e. The number of rotatable bonds is 5. The third kappa shape index (κ3) is 3.09. The molecule has 3 N–H and O–H groups in total. The van der Waals surface area contributed by atoms with Gasteiger partial charge in [-0.25, -0.2) is 17.5 Å². The molecule has 0 unspecified atom stereocenters. The Labute approximate surface area is 110 Å². The predicted octanol–water partition coefficient (Wildman–Crippen LogP) is 0.583. The van der Waals surface area contributed by atoms with Crippen molar-refractivity contribution in [3.8, 4) is 0 Å². The average Bonchev–Trinajstić information content (AvgIpc) is 2.85. The SMILES string of the molecule is Nc1c(F)cccc1S(=O)(=O)NCCn1cccn1. The molecule has 102 valence electrons. The van der Waals surface area contributed by atoms with Gasteiger partial charge in [-0.05, 0) is 18.2 Å². The molecule has 0 fully saturated rings. The predicted molar refractivity (Wildman–Crippen MR) is 68.2 cm³/mol. The van der Waals surface area contributed by atoms with Crippen molar-refractivity contribution in [3.63, 3.8) is 0 Å². The normalized spacial score (nSPS) is 11.6. The number of para-hydroxylation sites is 1. The van der Waals surface area contributed by atoms with Gasteiger partial charge < -0.3 is 5.73 Å². The van der Waals surface area contributed by atoms with Crippen molar-refractivity contribution in [3.05, 3.63) is 42.5 Å². The second kappa shape index (κ2) is 5.37. The number of aromatic nitrogens is 2. The molecule has 0 atom stereocenters. The highest BCUT2D eigenvalue weighted by Gasteiger charge is 2.18. The Morgan fingerprint density at radius 2 is 2.16 bits per heavy atom. The van der Waals surface area contributed by atoms with Crippen molar-refractivity contribution in [1.29, 1.82) is 0 Å². The molecule has 0 aliphatic carbocycles. The quantitative estimate of drug-likeness (QED) is 0.786. The summed E-state index contributed by atoms with van der Waals surface area (Å²) in [5.41, 5.74) is 5.04. The monoisotopic (exact) mass is 284 g/mol. The molecule has 6 nitrogen and oxygen atoms in total. The zero-order valence-electron chi connectivity index (χ0n) is 9.95. The summed E-state index contributed by atoms with van der Waals surface area (Å²) in [6, 6.07) is 5.40. The Balaban J connectivity index is 2.08. The van der Waals surface area contributed by atoms with Crippen molar-refractivity contribution in [2.45, 2.75) is 11.4 Å². The Bertz CT molecular complexity index is 655. The first kappa shape index (κ1) is 13.5. The van der Waals surface area contributed by atoms with Crippen LogP contribution in [0.15, 0.2) is 41.6 Å². The molecule has 1 aromatic carbocycles. The maximum atomic E-state index is 13.2. The van der Waals surface area contributed by atoms with E-state index in [4.69, 9.17) is 5.73 Å². The summed E-state index contributed by atoms with van der Waals surface area (Å²) >= 11 is 0. The average molecular weight is 284 g/mol. The van der Waals surface area contributed by atoms with Crippen LogP contribution >= 0.6 is 0 Å². The van der Waals surface area contributed by atoms with Crippen LogP contribution < -0.4 is 10.5 Å². The van der Waals surface area contributed by atoms with Crippen LogP contribution in [0.4, 0.5) is 10.1 Å². The fourth-order valence-electron chi connectivity index (χ4n) is 1.56. The first-order valence-electron chi connectivity index (χ1n) is 5.52. The molecule has 0 aliphatic rings. The summed E-state index contributed by atoms with van der Waals surface area (Å²) in [6.45, 7) is 0.515. The zero-order chi connectivity index (χ0) is 13.9. The molecule has 0 saturated heterocycles. The van der Waals surface area contributed by atoms with Crippen LogP contribution in [-0.2, 0) is 16.6 Å². The van der Waals surface area contributed by atoms with Crippen LogP contribution in [0.1, 0.15) is 0 Å². The number of anilines is 1. The number of hydrogen-bond acceptors (Lipinski definition) is 4. The molecule has 2 rings (SSSR count). The van der Waals surface area contributed by atoms with E-state index >= 15 is 0 Å². The first-order chi connectivity index (χ1) is 9.00. The molecule has 0 aliphatic heterocycles. The van der Waals surface area contributed by atoms with Gasteiger partial charge in [0, 0.05) is 18.9 Å². The standard InChI is InChI=1S/C11H13FN4O2S/c12-9-3-1-4-10(11(9)13)19(17,18)15-6-8-16-7-2-5-14-16/h1-5,7,15H,6,8,13H2. The molecule has 19 heavy (non-hydrogen) atoms. The van der Waals surface area contributed by atoms with Crippen molar-refractivity contribution >= 4 is 15.7 Å². The van der Waals surface area contributed by atoms with Gasteiger partial charge in [-0.1, -0.05) is 6.07 Å². The van der Waals surface area contributed by atoms with Crippen molar-refractivity contribution in [2.24, 2.45) is 0 Å². The summed E-state index contributed by atoms with van der Waals surface area (Å²) in [5.74, 6) is -0.755. The van der Waals surface area contributed by atoms with E-state index in [-0.39, 0.29) is 17.1 Å². The van der Waals surface area contributed by atoms with Gasteiger partial charge in [0.15, 0.2) is 0 Å². The summed E-state index contributed by atoms with van der Waals surface area (Å²) in [6.07, 6.45) is 3.31. The fraction of sp³-hybridized carbons (Fsp3) is 0.182.